The minimum Gasteiger partial charge on any atom is -0.335 e. The molecule has 0 unspecified atom stereocenters. The zero-order valence-corrected chi connectivity index (χ0v) is 15.3. The van der Waals surface area contributed by atoms with Crippen LogP contribution in [0.1, 0.15) is 29.6 Å². The fourth-order valence-electron chi connectivity index (χ4n) is 2.88. The largest absolute Gasteiger partial charge is 0.335 e. The Morgan fingerprint density at radius 2 is 2.00 bits per heavy atom. The summed E-state index contributed by atoms with van der Waals surface area (Å²) in [4.78, 5) is 29.3. The van der Waals surface area contributed by atoms with E-state index in [4.69, 9.17) is 0 Å². The molecule has 1 fully saturated rings. The number of amides is 2. The molecular formula is C17H23N5O2S. The van der Waals surface area contributed by atoms with Crippen LogP contribution in [0, 0.1) is 0 Å². The minimum atomic E-state index is -0.0552. The zero-order valence-electron chi connectivity index (χ0n) is 14.5. The van der Waals surface area contributed by atoms with E-state index < -0.39 is 0 Å². The van der Waals surface area contributed by atoms with Crippen molar-refractivity contribution in [1.82, 2.24) is 19.6 Å². The van der Waals surface area contributed by atoms with E-state index in [-0.39, 0.29) is 17.9 Å². The van der Waals surface area contributed by atoms with Gasteiger partial charge in [-0.15, -0.1) is 11.3 Å². The van der Waals surface area contributed by atoms with Crippen molar-refractivity contribution in [3.05, 3.63) is 34.7 Å². The molecule has 0 aliphatic carbocycles. The van der Waals surface area contributed by atoms with Gasteiger partial charge in [0, 0.05) is 38.3 Å². The van der Waals surface area contributed by atoms with Crippen molar-refractivity contribution >= 4 is 29.0 Å². The quantitative estimate of drug-likeness (QED) is 0.883. The first-order valence-corrected chi connectivity index (χ1v) is 9.31. The van der Waals surface area contributed by atoms with Crippen LogP contribution in [0.15, 0.2) is 29.8 Å². The van der Waals surface area contributed by atoms with Crippen molar-refractivity contribution in [3.8, 4) is 0 Å². The Labute approximate surface area is 151 Å². The molecule has 0 radical (unpaired) electrons. The number of hydrogen-bond acceptors (Lipinski definition) is 5. The Morgan fingerprint density at radius 3 is 2.64 bits per heavy atom. The monoisotopic (exact) mass is 361 g/mol. The van der Waals surface area contributed by atoms with Gasteiger partial charge < -0.3 is 10.2 Å². The summed E-state index contributed by atoms with van der Waals surface area (Å²) in [7, 11) is 0. The van der Waals surface area contributed by atoms with Gasteiger partial charge in [-0.1, -0.05) is 6.07 Å². The van der Waals surface area contributed by atoms with E-state index in [9.17, 15) is 9.59 Å². The predicted molar refractivity (Wildman–Crippen MR) is 97.9 cm³/mol. The molecule has 2 aromatic rings. The molecule has 0 saturated carbocycles. The van der Waals surface area contributed by atoms with E-state index in [1.54, 1.807) is 16.9 Å². The Bertz CT molecular complexity index is 717. The summed E-state index contributed by atoms with van der Waals surface area (Å²) < 4.78 is 1.79. The number of anilines is 1. The maximum Gasteiger partial charge on any atom is 0.264 e. The molecule has 7 nitrogen and oxygen atoms in total. The number of aromatic nitrogens is 2. The van der Waals surface area contributed by atoms with Crippen LogP contribution in [0.4, 0.5) is 5.82 Å². The third-order valence-corrected chi connectivity index (χ3v) is 5.04. The maximum atomic E-state index is 12.3. The molecule has 1 saturated heterocycles. The standard InChI is InChI=1S/C17H23N5O2S/c1-13(2)22-15(5-6-18-22)19-16(23)12-20-7-9-21(10-8-20)17(24)14-4-3-11-25-14/h3-6,11,13H,7-10,12H2,1-2H3,(H,19,23). The number of carbonyl (C=O) groups is 2. The number of nitrogens with one attached hydrogen (secondary N) is 1. The normalized spacial score (nSPS) is 15.6. The maximum absolute atomic E-state index is 12.3. The summed E-state index contributed by atoms with van der Waals surface area (Å²) in [5.41, 5.74) is 0. The van der Waals surface area contributed by atoms with Gasteiger partial charge in [0.25, 0.3) is 5.91 Å². The first-order valence-electron chi connectivity index (χ1n) is 8.43. The van der Waals surface area contributed by atoms with Crippen LogP contribution in [0.5, 0.6) is 0 Å². The summed E-state index contributed by atoms with van der Waals surface area (Å²) in [6.07, 6.45) is 1.69. The minimum absolute atomic E-state index is 0.0552. The first kappa shape index (κ1) is 17.6. The Balaban J connectivity index is 1.48. The highest BCUT2D eigenvalue weighted by molar-refractivity contribution is 7.12. The van der Waals surface area contributed by atoms with Gasteiger partial charge in [0.15, 0.2) is 0 Å². The average Bonchev–Trinajstić information content (AvgIpc) is 3.26. The number of hydrogen-bond donors (Lipinski definition) is 1. The van der Waals surface area contributed by atoms with Crippen LogP contribution < -0.4 is 5.32 Å². The first-order chi connectivity index (χ1) is 12.0. The summed E-state index contributed by atoms with van der Waals surface area (Å²) in [5, 5.41) is 9.04. The molecule has 2 aromatic heterocycles. The Kier molecular flexibility index (Phi) is 5.50. The number of nitrogens with zero attached hydrogens (tertiary/aromatic N) is 4. The third kappa shape index (κ3) is 4.26. The molecule has 0 bridgehead atoms. The number of carbonyl (C=O) groups excluding carboxylic acids is 2. The van der Waals surface area contributed by atoms with Crippen molar-refractivity contribution in [2.45, 2.75) is 19.9 Å². The highest BCUT2D eigenvalue weighted by atomic mass is 32.1. The van der Waals surface area contributed by atoms with Gasteiger partial charge in [0.1, 0.15) is 5.82 Å². The van der Waals surface area contributed by atoms with Crippen molar-refractivity contribution in [3.63, 3.8) is 0 Å². The van der Waals surface area contributed by atoms with Crippen LogP contribution in [0.3, 0.4) is 0 Å². The van der Waals surface area contributed by atoms with E-state index in [0.29, 0.717) is 38.5 Å². The van der Waals surface area contributed by atoms with Crippen LogP contribution in [0.2, 0.25) is 0 Å². The van der Waals surface area contributed by atoms with Crippen molar-refractivity contribution in [2.75, 3.05) is 38.0 Å². The molecule has 1 aliphatic rings. The topological polar surface area (TPSA) is 70.5 Å². The SMILES string of the molecule is CC(C)n1nccc1NC(=O)CN1CCN(C(=O)c2cccs2)CC1. The molecule has 3 rings (SSSR count). The number of piperazine rings is 1. The smallest absolute Gasteiger partial charge is 0.264 e. The molecule has 0 atom stereocenters. The van der Waals surface area contributed by atoms with Gasteiger partial charge in [-0.05, 0) is 25.3 Å². The van der Waals surface area contributed by atoms with Gasteiger partial charge >= 0.3 is 0 Å². The third-order valence-electron chi connectivity index (χ3n) is 4.19. The second-order valence-corrected chi connectivity index (χ2v) is 7.30. The van der Waals surface area contributed by atoms with E-state index >= 15 is 0 Å². The summed E-state index contributed by atoms with van der Waals surface area (Å²) >= 11 is 1.46. The van der Waals surface area contributed by atoms with Gasteiger partial charge in [0.2, 0.25) is 5.91 Å². The lowest BCUT2D eigenvalue weighted by atomic mass is 10.3. The lowest BCUT2D eigenvalue weighted by Crippen LogP contribution is -2.50. The zero-order chi connectivity index (χ0) is 17.8. The van der Waals surface area contributed by atoms with E-state index in [1.807, 2.05) is 36.3 Å². The van der Waals surface area contributed by atoms with Gasteiger partial charge in [-0.3, -0.25) is 14.5 Å². The average molecular weight is 361 g/mol. The molecule has 8 heteroatoms. The van der Waals surface area contributed by atoms with Gasteiger partial charge in [0.05, 0.1) is 17.6 Å². The van der Waals surface area contributed by atoms with Crippen LogP contribution >= 0.6 is 11.3 Å². The second-order valence-electron chi connectivity index (χ2n) is 6.35. The van der Waals surface area contributed by atoms with Gasteiger partial charge in [-0.25, -0.2) is 4.68 Å². The number of rotatable bonds is 5. The van der Waals surface area contributed by atoms with Crippen LogP contribution in [-0.4, -0.2) is 64.1 Å². The van der Waals surface area contributed by atoms with Crippen LogP contribution in [0.25, 0.3) is 0 Å². The molecule has 134 valence electrons. The second kappa shape index (κ2) is 7.79. The Hall–Kier alpha value is -2.19. The molecular weight excluding hydrogens is 338 g/mol. The molecule has 2 amide bonds. The van der Waals surface area contributed by atoms with Crippen LogP contribution in [-0.2, 0) is 4.79 Å². The van der Waals surface area contributed by atoms with Crippen molar-refractivity contribution in [1.29, 1.82) is 0 Å². The fourth-order valence-corrected chi connectivity index (χ4v) is 3.57. The molecule has 1 aliphatic heterocycles. The molecule has 0 spiro atoms. The molecule has 25 heavy (non-hydrogen) atoms. The summed E-state index contributed by atoms with van der Waals surface area (Å²) in [6.45, 7) is 7.06. The predicted octanol–water partition coefficient (Wildman–Crippen LogP) is 1.92. The molecule has 3 heterocycles. The van der Waals surface area contributed by atoms with Crippen molar-refractivity contribution in [2.24, 2.45) is 0 Å². The lowest BCUT2D eigenvalue weighted by Gasteiger charge is -2.34. The summed E-state index contributed by atoms with van der Waals surface area (Å²) in [5.74, 6) is 0.742. The molecule has 0 aromatic carbocycles. The Morgan fingerprint density at radius 1 is 1.24 bits per heavy atom. The number of thiophene rings is 1. The van der Waals surface area contributed by atoms with E-state index in [1.165, 1.54) is 11.3 Å². The van der Waals surface area contributed by atoms with Crippen molar-refractivity contribution < 1.29 is 9.59 Å². The highest BCUT2D eigenvalue weighted by Crippen LogP contribution is 2.15. The highest BCUT2D eigenvalue weighted by Gasteiger charge is 2.24. The van der Waals surface area contributed by atoms with Gasteiger partial charge in [-0.2, -0.15) is 5.10 Å². The van der Waals surface area contributed by atoms with E-state index in [2.05, 4.69) is 15.3 Å². The lowest BCUT2D eigenvalue weighted by molar-refractivity contribution is -0.117. The molecule has 1 N–H and O–H groups in total. The summed E-state index contributed by atoms with van der Waals surface area (Å²) in [6, 6.07) is 5.73. The van der Waals surface area contributed by atoms with E-state index in [0.717, 1.165) is 4.88 Å². The fraction of sp³-hybridized carbons (Fsp3) is 0.471.